The van der Waals surface area contributed by atoms with Gasteiger partial charge in [0.05, 0.1) is 17.9 Å². The summed E-state index contributed by atoms with van der Waals surface area (Å²) in [6, 6.07) is 2.74. The predicted octanol–water partition coefficient (Wildman–Crippen LogP) is 2.41. The van der Waals surface area contributed by atoms with Gasteiger partial charge in [-0.1, -0.05) is 0 Å². The van der Waals surface area contributed by atoms with E-state index < -0.39 is 17.8 Å². The summed E-state index contributed by atoms with van der Waals surface area (Å²) in [4.78, 5) is 24.6. The number of rotatable bonds is 7. The average molecular weight is 298 g/mol. The minimum absolute atomic E-state index is 0.0590. The monoisotopic (exact) mass is 298 g/mol. The number of halogens is 1. The fourth-order valence-corrected chi connectivity index (χ4v) is 1.72. The highest BCUT2D eigenvalue weighted by molar-refractivity contribution is 6.00. The zero-order chi connectivity index (χ0) is 15.8. The Bertz CT molecular complexity index is 508. The first-order valence-corrected chi connectivity index (χ1v) is 6.66. The summed E-state index contributed by atoms with van der Waals surface area (Å²) < 4.78 is 18.3. The molecule has 21 heavy (non-hydrogen) atoms. The van der Waals surface area contributed by atoms with Crippen molar-refractivity contribution in [3.63, 3.8) is 0 Å². The molecule has 0 aliphatic heterocycles. The lowest BCUT2D eigenvalue weighted by molar-refractivity contribution is 0.0697. The van der Waals surface area contributed by atoms with E-state index in [9.17, 15) is 14.0 Å². The fourth-order valence-electron chi connectivity index (χ4n) is 1.72. The highest BCUT2D eigenvalue weighted by Gasteiger charge is 2.16. The van der Waals surface area contributed by atoms with Crippen LogP contribution in [0.1, 0.15) is 24.2 Å². The molecule has 6 nitrogen and oxygen atoms in total. The van der Waals surface area contributed by atoms with Gasteiger partial charge < -0.3 is 20.1 Å². The normalized spacial score (nSPS) is 10.2. The van der Waals surface area contributed by atoms with E-state index in [0.717, 1.165) is 12.1 Å². The number of benzene rings is 1. The number of carboxylic acid groups (broad SMARTS) is 1. The van der Waals surface area contributed by atoms with Crippen LogP contribution in [0.15, 0.2) is 18.2 Å². The van der Waals surface area contributed by atoms with Gasteiger partial charge in [-0.05, 0) is 32.0 Å². The van der Waals surface area contributed by atoms with Crippen molar-refractivity contribution in [2.75, 3.05) is 31.6 Å². The van der Waals surface area contributed by atoms with Crippen molar-refractivity contribution in [1.82, 2.24) is 4.90 Å². The van der Waals surface area contributed by atoms with Gasteiger partial charge in [-0.2, -0.15) is 0 Å². The Morgan fingerprint density at radius 2 is 2.10 bits per heavy atom. The van der Waals surface area contributed by atoms with Crippen molar-refractivity contribution >= 4 is 17.7 Å². The summed E-state index contributed by atoms with van der Waals surface area (Å²) in [5.41, 5.74) is -0.229. The molecule has 0 aliphatic rings. The molecule has 0 spiro atoms. The van der Waals surface area contributed by atoms with Crippen molar-refractivity contribution in [3.05, 3.63) is 29.6 Å². The Hall–Kier alpha value is -2.15. The molecule has 0 fully saturated rings. The lowest BCUT2D eigenvalue weighted by Gasteiger charge is -2.21. The summed E-state index contributed by atoms with van der Waals surface area (Å²) in [5, 5.41) is 11.5. The maximum atomic E-state index is 13.1. The first-order chi connectivity index (χ1) is 9.99. The molecule has 0 aliphatic carbocycles. The summed E-state index contributed by atoms with van der Waals surface area (Å²) in [6.45, 7) is 5.44. The minimum Gasteiger partial charge on any atom is -0.478 e. The Kier molecular flexibility index (Phi) is 6.61. The molecule has 0 heterocycles. The third-order valence-corrected chi connectivity index (χ3v) is 2.83. The quantitative estimate of drug-likeness (QED) is 0.758. The summed E-state index contributed by atoms with van der Waals surface area (Å²) in [6.07, 6.45) is 0. The third kappa shape index (κ3) is 5.03. The molecule has 2 amide bonds. The fraction of sp³-hybridized carbons (Fsp3) is 0.429. The molecule has 0 atom stereocenters. The van der Waals surface area contributed by atoms with E-state index in [1.54, 1.807) is 6.92 Å². The smallest absolute Gasteiger partial charge is 0.337 e. The van der Waals surface area contributed by atoms with Crippen LogP contribution in [-0.4, -0.2) is 48.3 Å². The molecule has 0 bridgehead atoms. The van der Waals surface area contributed by atoms with E-state index in [0.29, 0.717) is 26.3 Å². The number of carbonyl (C=O) groups excluding carboxylic acids is 1. The van der Waals surface area contributed by atoms with Gasteiger partial charge in [-0.25, -0.2) is 14.0 Å². The molecule has 0 saturated heterocycles. The summed E-state index contributed by atoms with van der Waals surface area (Å²) in [7, 11) is 0. The Morgan fingerprint density at radius 3 is 2.67 bits per heavy atom. The lowest BCUT2D eigenvalue weighted by Crippen LogP contribution is -2.37. The largest absolute Gasteiger partial charge is 0.478 e. The Labute approximate surface area is 122 Å². The highest BCUT2D eigenvalue weighted by atomic mass is 19.1. The van der Waals surface area contributed by atoms with Crippen molar-refractivity contribution in [2.45, 2.75) is 13.8 Å². The van der Waals surface area contributed by atoms with Crippen molar-refractivity contribution in [2.24, 2.45) is 0 Å². The number of carbonyl (C=O) groups is 2. The third-order valence-electron chi connectivity index (χ3n) is 2.83. The number of hydrogen-bond donors (Lipinski definition) is 2. The molecular formula is C14H19FN2O4. The maximum Gasteiger partial charge on any atom is 0.337 e. The summed E-state index contributed by atoms with van der Waals surface area (Å²) in [5.74, 6) is -1.98. The van der Waals surface area contributed by atoms with Gasteiger partial charge in [0, 0.05) is 19.7 Å². The number of likely N-dealkylation sites (N-methyl/N-ethyl adjacent to an activating group) is 1. The van der Waals surface area contributed by atoms with Gasteiger partial charge in [0.2, 0.25) is 0 Å². The van der Waals surface area contributed by atoms with E-state index >= 15 is 0 Å². The molecule has 0 aromatic heterocycles. The number of nitrogens with zero attached hydrogens (tertiary/aromatic N) is 1. The van der Waals surface area contributed by atoms with E-state index in [1.807, 2.05) is 6.92 Å². The molecule has 2 N–H and O–H groups in total. The standard InChI is InChI=1S/C14H19FN2O4/c1-3-17(7-8-21-4-2)14(20)16-12-6-5-10(15)9-11(12)13(18)19/h5-6,9H,3-4,7-8H2,1-2H3,(H,16,20)(H,18,19). The molecular weight excluding hydrogens is 279 g/mol. The van der Waals surface area contributed by atoms with E-state index in [-0.39, 0.29) is 11.3 Å². The molecule has 0 unspecified atom stereocenters. The number of ether oxygens (including phenoxy) is 1. The van der Waals surface area contributed by atoms with Crippen molar-refractivity contribution < 1.29 is 23.8 Å². The molecule has 116 valence electrons. The van der Waals surface area contributed by atoms with Crippen molar-refractivity contribution in [1.29, 1.82) is 0 Å². The number of aromatic carboxylic acids is 1. The van der Waals surface area contributed by atoms with Crippen LogP contribution < -0.4 is 5.32 Å². The second kappa shape index (κ2) is 8.21. The van der Waals surface area contributed by atoms with Crippen molar-refractivity contribution in [3.8, 4) is 0 Å². The Morgan fingerprint density at radius 1 is 1.38 bits per heavy atom. The highest BCUT2D eigenvalue weighted by Crippen LogP contribution is 2.17. The van der Waals surface area contributed by atoms with Crippen LogP contribution in [-0.2, 0) is 4.74 Å². The topological polar surface area (TPSA) is 78.9 Å². The first kappa shape index (κ1) is 16.9. The van der Waals surface area contributed by atoms with Crippen LogP contribution in [0.25, 0.3) is 0 Å². The maximum absolute atomic E-state index is 13.1. The zero-order valence-electron chi connectivity index (χ0n) is 12.1. The lowest BCUT2D eigenvalue weighted by atomic mass is 10.1. The second-order valence-electron chi connectivity index (χ2n) is 4.20. The van der Waals surface area contributed by atoms with Crippen LogP contribution in [0.4, 0.5) is 14.9 Å². The summed E-state index contributed by atoms with van der Waals surface area (Å²) >= 11 is 0. The van der Waals surface area contributed by atoms with Crippen LogP contribution in [0.3, 0.4) is 0 Å². The molecule has 1 aromatic carbocycles. The van der Waals surface area contributed by atoms with Gasteiger partial charge in [0.25, 0.3) is 0 Å². The van der Waals surface area contributed by atoms with Gasteiger partial charge in [-0.15, -0.1) is 0 Å². The number of urea groups is 1. The molecule has 0 saturated carbocycles. The van der Waals surface area contributed by atoms with Crippen LogP contribution >= 0.6 is 0 Å². The molecule has 1 rings (SSSR count). The van der Waals surface area contributed by atoms with Gasteiger partial charge in [-0.3, -0.25) is 0 Å². The molecule has 1 aromatic rings. The minimum atomic E-state index is -1.30. The molecule has 0 radical (unpaired) electrons. The van der Waals surface area contributed by atoms with Gasteiger partial charge in [0.15, 0.2) is 0 Å². The number of amides is 2. The molecule has 7 heteroatoms. The van der Waals surface area contributed by atoms with Crippen LogP contribution in [0.2, 0.25) is 0 Å². The van der Waals surface area contributed by atoms with Gasteiger partial charge in [0.1, 0.15) is 5.82 Å². The SMILES string of the molecule is CCOCCN(CC)C(=O)Nc1ccc(F)cc1C(=O)O. The average Bonchev–Trinajstić information content (AvgIpc) is 2.45. The van der Waals surface area contributed by atoms with E-state index in [1.165, 1.54) is 11.0 Å². The number of anilines is 1. The van der Waals surface area contributed by atoms with Crippen LogP contribution in [0.5, 0.6) is 0 Å². The number of carboxylic acids is 1. The van der Waals surface area contributed by atoms with Crippen LogP contribution in [0, 0.1) is 5.82 Å². The zero-order valence-corrected chi connectivity index (χ0v) is 12.1. The predicted molar refractivity (Wildman–Crippen MR) is 76.1 cm³/mol. The number of nitrogens with one attached hydrogen (secondary N) is 1. The van der Waals surface area contributed by atoms with Gasteiger partial charge >= 0.3 is 12.0 Å². The van der Waals surface area contributed by atoms with E-state index in [4.69, 9.17) is 9.84 Å². The first-order valence-electron chi connectivity index (χ1n) is 6.66. The Balaban J connectivity index is 2.79. The van der Waals surface area contributed by atoms with E-state index in [2.05, 4.69) is 5.32 Å². The number of hydrogen-bond acceptors (Lipinski definition) is 3. The second-order valence-corrected chi connectivity index (χ2v) is 4.20.